The van der Waals surface area contributed by atoms with E-state index in [2.05, 4.69) is 32.4 Å². The minimum Gasteiger partial charge on any atom is -0.339 e. The van der Waals surface area contributed by atoms with E-state index in [1.54, 1.807) is 0 Å². The van der Waals surface area contributed by atoms with Gasteiger partial charge in [0.25, 0.3) is 5.56 Å². The second-order valence-electron chi connectivity index (χ2n) is 7.83. The van der Waals surface area contributed by atoms with E-state index in [9.17, 15) is 18.8 Å². The Hall–Kier alpha value is -2.94. The summed E-state index contributed by atoms with van der Waals surface area (Å²) in [5.74, 6) is -2.10. The quantitative estimate of drug-likeness (QED) is 0.665. The van der Waals surface area contributed by atoms with Gasteiger partial charge in [-0.15, -0.1) is 0 Å². The fourth-order valence-corrected chi connectivity index (χ4v) is 4.41. The van der Waals surface area contributed by atoms with E-state index >= 15 is 0 Å². The molecule has 2 aliphatic heterocycles. The summed E-state index contributed by atoms with van der Waals surface area (Å²) in [5, 5.41) is 5.09. The van der Waals surface area contributed by atoms with Crippen molar-refractivity contribution in [3.8, 4) is 0 Å². The van der Waals surface area contributed by atoms with Crippen LogP contribution in [0, 0.1) is 5.82 Å². The molecule has 0 bridgehead atoms. The number of benzene rings is 1. The van der Waals surface area contributed by atoms with Crippen LogP contribution in [0.4, 0.5) is 21.8 Å². The molecule has 3 N–H and O–H groups in total. The minimum atomic E-state index is -1.03. The Labute approximate surface area is 183 Å². The highest BCUT2D eigenvalue weighted by Gasteiger charge is 2.36. The zero-order chi connectivity index (χ0) is 22.1. The molecule has 0 radical (unpaired) electrons. The summed E-state index contributed by atoms with van der Waals surface area (Å²) < 4.78 is 13.4. The van der Waals surface area contributed by atoms with Crippen LogP contribution >= 0.6 is 11.6 Å². The van der Waals surface area contributed by atoms with Gasteiger partial charge < -0.3 is 15.5 Å². The van der Waals surface area contributed by atoms with Crippen molar-refractivity contribution in [2.24, 2.45) is 0 Å². The van der Waals surface area contributed by atoms with Crippen LogP contribution in [0.5, 0.6) is 0 Å². The lowest BCUT2D eigenvalue weighted by Gasteiger charge is -2.36. The summed E-state index contributed by atoms with van der Waals surface area (Å²) >= 11 is 5.77. The van der Waals surface area contributed by atoms with Gasteiger partial charge >= 0.3 is 0 Å². The number of amides is 2. The van der Waals surface area contributed by atoms with Crippen molar-refractivity contribution in [1.29, 1.82) is 0 Å². The Kier molecular flexibility index (Phi) is 5.95. The normalized spacial score (nSPS) is 20.7. The van der Waals surface area contributed by atoms with E-state index in [-0.39, 0.29) is 34.6 Å². The van der Waals surface area contributed by atoms with Gasteiger partial charge in [-0.05, 0) is 43.9 Å². The van der Waals surface area contributed by atoms with Gasteiger partial charge in [0.15, 0.2) is 0 Å². The molecular formula is C21H23ClFN5O3. The highest BCUT2D eigenvalue weighted by molar-refractivity contribution is 6.31. The molecule has 10 heteroatoms. The van der Waals surface area contributed by atoms with E-state index in [0.717, 1.165) is 38.3 Å². The summed E-state index contributed by atoms with van der Waals surface area (Å²) in [4.78, 5) is 47.5. The van der Waals surface area contributed by atoms with Crippen molar-refractivity contribution in [2.75, 3.05) is 22.1 Å². The van der Waals surface area contributed by atoms with Gasteiger partial charge in [-0.2, -0.15) is 4.98 Å². The number of hydrogen-bond acceptors (Lipinski definition) is 5. The van der Waals surface area contributed by atoms with E-state index in [4.69, 9.17) is 11.6 Å². The van der Waals surface area contributed by atoms with Gasteiger partial charge in [0.2, 0.25) is 17.8 Å². The number of fused-ring (bicyclic) bond motifs is 1. The summed E-state index contributed by atoms with van der Waals surface area (Å²) in [6.07, 6.45) is 3.85. The Bertz CT molecular complexity index is 1090. The molecule has 0 unspecified atom stereocenters. The van der Waals surface area contributed by atoms with Gasteiger partial charge in [0, 0.05) is 24.7 Å². The summed E-state index contributed by atoms with van der Waals surface area (Å²) in [7, 11) is 0. The average Bonchev–Trinajstić information content (AvgIpc) is 2.75. The second kappa shape index (κ2) is 8.66. The number of nitrogens with zero attached hydrogens (tertiary/aromatic N) is 2. The SMILES string of the molecule is CC[C@@H]1CCCCN1c1nc2c(c(=O)[nH]1)[C@@H](C(=O)Nc1ccc(F)c(Cl)c1)CC(=O)N2. The Morgan fingerprint density at radius 3 is 2.90 bits per heavy atom. The molecule has 2 atom stereocenters. The number of piperidine rings is 1. The Morgan fingerprint density at radius 2 is 2.16 bits per heavy atom. The van der Waals surface area contributed by atoms with Gasteiger partial charge in [-0.25, -0.2) is 4.39 Å². The van der Waals surface area contributed by atoms with Gasteiger partial charge in [-0.3, -0.25) is 19.4 Å². The van der Waals surface area contributed by atoms with Crippen molar-refractivity contribution < 1.29 is 14.0 Å². The molecule has 2 aromatic rings. The standard InChI is InChI=1S/C21H23ClFN5O3/c1-2-12-5-3-4-8-28(12)21-26-18-17(20(31)27-21)13(10-16(29)25-18)19(30)24-11-6-7-15(23)14(22)9-11/h6-7,9,12-13H,2-5,8,10H2,1H3,(H,24,30)(H2,25,26,27,29,31)/t12-,13+/m1/s1. The topological polar surface area (TPSA) is 107 Å². The molecule has 2 amide bonds. The number of hydrogen-bond donors (Lipinski definition) is 3. The number of carbonyl (C=O) groups excluding carboxylic acids is 2. The molecule has 1 aromatic carbocycles. The second-order valence-corrected chi connectivity index (χ2v) is 8.23. The lowest BCUT2D eigenvalue weighted by atomic mass is 9.92. The third kappa shape index (κ3) is 4.27. The zero-order valence-corrected chi connectivity index (χ0v) is 17.8. The molecule has 4 rings (SSSR count). The van der Waals surface area contributed by atoms with Crippen molar-refractivity contribution in [3.63, 3.8) is 0 Å². The van der Waals surface area contributed by atoms with E-state index in [1.807, 2.05) is 0 Å². The number of anilines is 3. The number of carbonyl (C=O) groups is 2. The molecule has 8 nitrogen and oxygen atoms in total. The summed E-state index contributed by atoms with van der Waals surface area (Å²) in [5.41, 5.74) is -0.0825. The first-order chi connectivity index (χ1) is 14.9. The molecule has 0 spiro atoms. The maximum absolute atomic E-state index is 13.4. The molecule has 164 valence electrons. The first-order valence-electron chi connectivity index (χ1n) is 10.3. The Balaban J connectivity index is 1.65. The first-order valence-corrected chi connectivity index (χ1v) is 10.7. The van der Waals surface area contributed by atoms with Crippen LogP contribution in [0.2, 0.25) is 5.02 Å². The van der Waals surface area contributed by atoms with Gasteiger partial charge in [-0.1, -0.05) is 18.5 Å². The highest BCUT2D eigenvalue weighted by Crippen LogP contribution is 2.32. The first kappa shape index (κ1) is 21.3. The van der Waals surface area contributed by atoms with Crippen molar-refractivity contribution in [2.45, 2.75) is 51.0 Å². The lowest BCUT2D eigenvalue weighted by Crippen LogP contribution is -2.43. The molecule has 1 saturated heterocycles. The number of nitrogens with one attached hydrogen (secondary N) is 3. The molecule has 1 fully saturated rings. The van der Waals surface area contributed by atoms with E-state index < -0.39 is 29.1 Å². The van der Waals surface area contributed by atoms with E-state index in [1.165, 1.54) is 12.1 Å². The van der Waals surface area contributed by atoms with Crippen LogP contribution in [0.15, 0.2) is 23.0 Å². The highest BCUT2D eigenvalue weighted by atomic mass is 35.5. The number of halogens is 2. The van der Waals surface area contributed by atoms with Gasteiger partial charge in [0.1, 0.15) is 11.6 Å². The van der Waals surface area contributed by atoms with Crippen LogP contribution in [-0.2, 0) is 9.59 Å². The molecule has 0 saturated carbocycles. The predicted octanol–water partition coefficient (Wildman–Crippen LogP) is 3.40. The largest absolute Gasteiger partial charge is 0.339 e. The van der Waals surface area contributed by atoms with Crippen LogP contribution in [-0.4, -0.2) is 34.4 Å². The summed E-state index contributed by atoms with van der Waals surface area (Å²) in [6, 6.07) is 4.01. The van der Waals surface area contributed by atoms with Crippen molar-refractivity contribution in [1.82, 2.24) is 9.97 Å². The minimum absolute atomic E-state index is 0.104. The lowest BCUT2D eigenvalue weighted by molar-refractivity contribution is -0.123. The number of rotatable bonds is 4. The maximum Gasteiger partial charge on any atom is 0.258 e. The molecule has 3 heterocycles. The number of aromatic nitrogens is 2. The number of H-pyrrole nitrogens is 1. The number of aromatic amines is 1. The molecular weight excluding hydrogens is 425 g/mol. The van der Waals surface area contributed by atoms with E-state index in [0.29, 0.717) is 5.95 Å². The zero-order valence-electron chi connectivity index (χ0n) is 17.0. The fraction of sp³-hybridized carbons (Fsp3) is 0.429. The van der Waals surface area contributed by atoms with Crippen LogP contribution in [0.1, 0.15) is 50.5 Å². The van der Waals surface area contributed by atoms with Crippen LogP contribution in [0.25, 0.3) is 0 Å². The average molecular weight is 448 g/mol. The maximum atomic E-state index is 13.4. The summed E-state index contributed by atoms with van der Waals surface area (Å²) in [6.45, 7) is 2.85. The molecule has 31 heavy (non-hydrogen) atoms. The van der Waals surface area contributed by atoms with Crippen LogP contribution in [0.3, 0.4) is 0 Å². The molecule has 1 aromatic heterocycles. The van der Waals surface area contributed by atoms with Crippen molar-refractivity contribution >= 4 is 40.9 Å². The van der Waals surface area contributed by atoms with Crippen LogP contribution < -0.4 is 21.1 Å². The third-order valence-corrected chi connectivity index (χ3v) is 6.10. The third-order valence-electron chi connectivity index (χ3n) is 5.81. The Morgan fingerprint density at radius 1 is 1.35 bits per heavy atom. The smallest absolute Gasteiger partial charge is 0.258 e. The predicted molar refractivity (Wildman–Crippen MR) is 116 cm³/mol. The van der Waals surface area contributed by atoms with Crippen molar-refractivity contribution in [3.05, 3.63) is 45.0 Å². The molecule has 2 aliphatic rings. The van der Waals surface area contributed by atoms with Gasteiger partial charge in [0.05, 0.1) is 16.5 Å². The monoisotopic (exact) mass is 447 g/mol. The fourth-order valence-electron chi connectivity index (χ4n) is 4.23. The molecule has 0 aliphatic carbocycles.